The third kappa shape index (κ3) is 4.30. The Morgan fingerprint density at radius 2 is 1.56 bits per heavy atom. The maximum absolute atomic E-state index is 12.9. The normalized spacial score (nSPS) is 16.3. The first-order chi connectivity index (χ1) is 12.8. The van der Waals surface area contributed by atoms with Crippen molar-refractivity contribution in [3.05, 3.63) is 58.7 Å². The van der Waals surface area contributed by atoms with Crippen molar-refractivity contribution >= 4 is 23.3 Å². The zero-order valence-electron chi connectivity index (χ0n) is 16.4. The van der Waals surface area contributed by atoms with Gasteiger partial charge in [-0.2, -0.15) is 0 Å². The smallest absolute Gasteiger partial charge is 0.322 e. The minimum atomic E-state index is -0.449. The highest BCUT2D eigenvalue weighted by atomic mass is 16.2. The number of aryl methyl sites for hydroxylation is 4. The van der Waals surface area contributed by atoms with Gasteiger partial charge in [0.25, 0.3) is 0 Å². The quantitative estimate of drug-likeness (QED) is 0.838. The second kappa shape index (κ2) is 7.82. The summed E-state index contributed by atoms with van der Waals surface area (Å²) < 4.78 is 0. The molecule has 2 aromatic carbocycles. The number of hydrogen-bond donors (Lipinski definition) is 2. The van der Waals surface area contributed by atoms with Crippen LogP contribution in [0.15, 0.2) is 36.4 Å². The number of rotatable bonds is 3. The maximum atomic E-state index is 12.9. The average molecular weight is 365 g/mol. The summed E-state index contributed by atoms with van der Waals surface area (Å²) in [4.78, 5) is 27.2. The lowest BCUT2D eigenvalue weighted by Crippen LogP contribution is -2.45. The Hall–Kier alpha value is -2.82. The predicted molar refractivity (Wildman–Crippen MR) is 109 cm³/mol. The van der Waals surface area contributed by atoms with Crippen LogP contribution >= 0.6 is 0 Å². The van der Waals surface area contributed by atoms with Crippen molar-refractivity contribution in [2.45, 2.75) is 46.6 Å². The van der Waals surface area contributed by atoms with Gasteiger partial charge in [0.1, 0.15) is 6.04 Å². The molecule has 1 fully saturated rings. The molecule has 1 saturated heterocycles. The second-order valence-corrected chi connectivity index (χ2v) is 7.41. The largest absolute Gasteiger partial charge is 0.324 e. The number of anilines is 2. The number of urea groups is 1. The van der Waals surface area contributed by atoms with E-state index in [0.717, 1.165) is 34.5 Å². The molecule has 3 rings (SSSR count). The number of hydrogen-bond acceptors (Lipinski definition) is 2. The number of amides is 3. The van der Waals surface area contributed by atoms with Gasteiger partial charge in [-0.15, -0.1) is 0 Å². The Bertz CT molecular complexity index is 835. The van der Waals surface area contributed by atoms with Crippen molar-refractivity contribution in [3.8, 4) is 0 Å². The van der Waals surface area contributed by atoms with E-state index in [-0.39, 0.29) is 11.9 Å². The van der Waals surface area contributed by atoms with Gasteiger partial charge < -0.3 is 15.5 Å². The van der Waals surface area contributed by atoms with E-state index >= 15 is 0 Å². The molecule has 2 aromatic rings. The van der Waals surface area contributed by atoms with Crippen LogP contribution in [-0.4, -0.2) is 29.4 Å². The van der Waals surface area contributed by atoms with Gasteiger partial charge in [0.05, 0.1) is 0 Å². The van der Waals surface area contributed by atoms with E-state index in [0.29, 0.717) is 13.0 Å². The van der Waals surface area contributed by atoms with Gasteiger partial charge in [-0.25, -0.2) is 4.79 Å². The molecule has 5 nitrogen and oxygen atoms in total. The highest BCUT2D eigenvalue weighted by Gasteiger charge is 2.34. The molecule has 1 atom stereocenters. The van der Waals surface area contributed by atoms with Gasteiger partial charge in [0, 0.05) is 17.9 Å². The van der Waals surface area contributed by atoms with E-state index in [1.165, 1.54) is 5.56 Å². The first-order valence-electron chi connectivity index (χ1n) is 9.38. The van der Waals surface area contributed by atoms with Gasteiger partial charge >= 0.3 is 6.03 Å². The molecule has 3 amide bonds. The summed E-state index contributed by atoms with van der Waals surface area (Å²) >= 11 is 0. The number of carbonyl (C=O) groups excluding carboxylic acids is 2. The van der Waals surface area contributed by atoms with E-state index < -0.39 is 6.04 Å². The number of likely N-dealkylation sites (tertiary alicyclic amines) is 1. The number of nitrogens with zero attached hydrogens (tertiary/aromatic N) is 1. The summed E-state index contributed by atoms with van der Waals surface area (Å²) in [7, 11) is 0. The van der Waals surface area contributed by atoms with Gasteiger partial charge in [-0.3, -0.25) is 4.79 Å². The molecule has 5 heteroatoms. The molecule has 27 heavy (non-hydrogen) atoms. The van der Waals surface area contributed by atoms with Crippen LogP contribution in [0.1, 0.15) is 35.1 Å². The standard InChI is InChI=1S/C22H27N3O2/c1-14-7-9-18(10-8-14)23-22(27)25-11-5-6-19(25)21(26)24-20-16(3)12-15(2)13-17(20)4/h7-10,12-13,19H,5-6,11H2,1-4H3,(H,23,27)(H,24,26). The fourth-order valence-corrected chi connectivity index (χ4v) is 3.70. The molecule has 0 saturated carbocycles. The van der Waals surface area contributed by atoms with Crippen molar-refractivity contribution in [2.24, 2.45) is 0 Å². The Morgan fingerprint density at radius 3 is 2.19 bits per heavy atom. The molecular formula is C22H27N3O2. The van der Waals surface area contributed by atoms with E-state index in [4.69, 9.17) is 0 Å². The van der Waals surface area contributed by atoms with Gasteiger partial charge in [0.2, 0.25) is 5.91 Å². The van der Waals surface area contributed by atoms with E-state index in [2.05, 4.69) is 22.8 Å². The van der Waals surface area contributed by atoms with Crippen molar-refractivity contribution in [1.82, 2.24) is 4.90 Å². The minimum Gasteiger partial charge on any atom is -0.324 e. The van der Waals surface area contributed by atoms with Gasteiger partial charge in [0.15, 0.2) is 0 Å². The molecule has 0 spiro atoms. The lowest BCUT2D eigenvalue weighted by molar-refractivity contribution is -0.119. The molecule has 0 bridgehead atoms. The van der Waals surface area contributed by atoms with E-state index in [1.54, 1.807) is 4.90 Å². The topological polar surface area (TPSA) is 61.4 Å². The summed E-state index contributed by atoms with van der Waals surface area (Å²) in [5.41, 5.74) is 5.96. The molecule has 0 aromatic heterocycles. The second-order valence-electron chi connectivity index (χ2n) is 7.41. The lowest BCUT2D eigenvalue weighted by atomic mass is 10.0. The Kier molecular flexibility index (Phi) is 5.49. The Morgan fingerprint density at radius 1 is 0.926 bits per heavy atom. The molecule has 0 radical (unpaired) electrons. The van der Waals surface area contributed by atoms with Crippen molar-refractivity contribution < 1.29 is 9.59 Å². The number of nitrogens with one attached hydrogen (secondary N) is 2. The molecule has 1 heterocycles. The van der Waals surface area contributed by atoms with E-state index in [9.17, 15) is 9.59 Å². The highest BCUT2D eigenvalue weighted by Crippen LogP contribution is 2.25. The Labute approximate surface area is 160 Å². The summed E-state index contributed by atoms with van der Waals surface area (Å²) in [5, 5.41) is 5.94. The van der Waals surface area contributed by atoms with E-state index in [1.807, 2.05) is 52.0 Å². The molecule has 1 aliphatic rings. The predicted octanol–water partition coefficient (Wildman–Crippen LogP) is 4.56. The van der Waals surface area contributed by atoms with Crippen LogP contribution < -0.4 is 10.6 Å². The first-order valence-corrected chi connectivity index (χ1v) is 9.38. The first kappa shape index (κ1) is 19.0. The molecule has 1 aliphatic heterocycles. The minimum absolute atomic E-state index is 0.124. The van der Waals surface area contributed by atoms with Crippen molar-refractivity contribution in [3.63, 3.8) is 0 Å². The van der Waals surface area contributed by atoms with Crippen LogP contribution in [0.25, 0.3) is 0 Å². The molecule has 1 unspecified atom stereocenters. The third-order valence-corrected chi connectivity index (χ3v) is 5.04. The van der Waals surface area contributed by atoms with Gasteiger partial charge in [-0.05, 0) is 63.8 Å². The number of carbonyl (C=O) groups is 2. The van der Waals surface area contributed by atoms with Crippen LogP contribution in [-0.2, 0) is 4.79 Å². The fourth-order valence-electron chi connectivity index (χ4n) is 3.70. The van der Waals surface area contributed by atoms with Crippen molar-refractivity contribution in [2.75, 3.05) is 17.2 Å². The fraction of sp³-hybridized carbons (Fsp3) is 0.364. The Balaban J connectivity index is 1.71. The monoisotopic (exact) mass is 365 g/mol. The van der Waals surface area contributed by atoms with Crippen LogP contribution in [0, 0.1) is 27.7 Å². The molecule has 142 valence electrons. The van der Waals surface area contributed by atoms with Crippen molar-refractivity contribution in [1.29, 1.82) is 0 Å². The average Bonchev–Trinajstić information content (AvgIpc) is 3.10. The lowest BCUT2D eigenvalue weighted by Gasteiger charge is -2.25. The maximum Gasteiger partial charge on any atom is 0.322 e. The third-order valence-electron chi connectivity index (χ3n) is 5.04. The molecule has 0 aliphatic carbocycles. The molecule has 2 N–H and O–H groups in total. The highest BCUT2D eigenvalue weighted by molar-refractivity contribution is 6.00. The van der Waals surface area contributed by atoms with Crippen LogP contribution in [0.4, 0.5) is 16.2 Å². The summed E-state index contributed by atoms with van der Waals surface area (Å²) in [6, 6.07) is 11.1. The molecular weight excluding hydrogens is 338 g/mol. The van der Waals surface area contributed by atoms with Crippen LogP contribution in [0.5, 0.6) is 0 Å². The van der Waals surface area contributed by atoms with Crippen LogP contribution in [0.2, 0.25) is 0 Å². The summed E-state index contributed by atoms with van der Waals surface area (Å²) in [6.07, 6.45) is 1.50. The number of benzene rings is 2. The zero-order chi connectivity index (χ0) is 19.6. The van der Waals surface area contributed by atoms with Gasteiger partial charge in [-0.1, -0.05) is 35.4 Å². The zero-order valence-corrected chi connectivity index (χ0v) is 16.4. The SMILES string of the molecule is Cc1ccc(NC(=O)N2CCCC2C(=O)Nc2c(C)cc(C)cc2C)cc1. The summed E-state index contributed by atoms with van der Waals surface area (Å²) in [6.45, 7) is 8.61. The van der Waals surface area contributed by atoms with Crippen LogP contribution in [0.3, 0.4) is 0 Å². The summed E-state index contributed by atoms with van der Waals surface area (Å²) in [5.74, 6) is -0.124.